The van der Waals surface area contributed by atoms with E-state index in [2.05, 4.69) is 20.3 Å². The molecule has 2 N–H and O–H groups in total. The number of fused-ring (bicyclic) bond motifs is 2. The number of pyridine rings is 1. The van der Waals surface area contributed by atoms with E-state index >= 15 is 0 Å². The highest BCUT2D eigenvalue weighted by atomic mass is 35.5. The van der Waals surface area contributed by atoms with Crippen LogP contribution in [0.2, 0.25) is 10.0 Å². The third kappa shape index (κ3) is 4.45. The van der Waals surface area contributed by atoms with Crippen LogP contribution in [0.25, 0.3) is 21.9 Å². The number of H-pyrrole nitrogens is 1. The number of para-hydroxylation sites is 2. The first-order chi connectivity index (χ1) is 14.8. The van der Waals surface area contributed by atoms with Crippen LogP contribution in [0.15, 0.2) is 42.5 Å². The number of hydrogen-bond acceptors (Lipinski definition) is 4. The number of amides is 1. The van der Waals surface area contributed by atoms with Crippen LogP contribution >= 0.6 is 23.2 Å². The number of carbonyl (C=O) groups excluding carboxylic acids is 1. The Morgan fingerprint density at radius 3 is 2.65 bits per heavy atom. The van der Waals surface area contributed by atoms with Crippen molar-refractivity contribution in [2.45, 2.75) is 26.8 Å². The SMILES string of the molecule is Cc1ccc2c(Cl)cc(Cl)c(OCC(=O)NC(c3nc4ccccc4[nH]3)C(C)C)c2n1. The van der Waals surface area contributed by atoms with Crippen molar-refractivity contribution >= 4 is 51.0 Å². The Morgan fingerprint density at radius 1 is 1.13 bits per heavy atom. The van der Waals surface area contributed by atoms with E-state index in [0.717, 1.165) is 22.1 Å². The summed E-state index contributed by atoms with van der Waals surface area (Å²) in [4.78, 5) is 25.1. The molecule has 2 aromatic carbocycles. The number of hydrogen-bond donors (Lipinski definition) is 2. The Labute approximate surface area is 189 Å². The molecule has 0 bridgehead atoms. The fourth-order valence-corrected chi connectivity index (χ4v) is 4.02. The largest absolute Gasteiger partial charge is 0.480 e. The second-order valence-electron chi connectivity index (χ2n) is 7.74. The number of carbonyl (C=O) groups is 1. The summed E-state index contributed by atoms with van der Waals surface area (Å²) >= 11 is 12.6. The van der Waals surface area contributed by atoms with Crippen LogP contribution in [0.5, 0.6) is 5.75 Å². The highest BCUT2D eigenvalue weighted by Crippen LogP contribution is 2.37. The molecular formula is C23H22Cl2N4O2. The number of aryl methyl sites for hydroxylation is 1. The topological polar surface area (TPSA) is 79.9 Å². The molecular weight excluding hydrogens is 435 g/mol. The first-order valence-corrected chi connectivity index (χ1v) is 10.7. The van der Waals surface area contributed by atoms with Gasteiger partial charge in [-0.25, -0.2) is 9.97 Å². The molecule has 6 nitrogen and oxygen atoms in total. The van der Waals surface area contributed by atoms with E-state index in [1.165, 1.54) is 0 Å². The van der Waals surface area contributed by atoms with Crippen molar-refractivity contribution in [3.05, 3.63) is 64.0 Å². The predicted molar refractivity (Wildman–Crippen MR) is 124 cm³/mol. The Kier molecular flexibility index (Phi) is 6.03. The average molecular weight is 457 g/mol. The van der Waals surface area contributed by atoms with Crippen LogP contribution in [0.4, 0.5) is 0 Å². The van der Waals surface area contributed by atoms with Gasteiger partial charge in [-0.2, -0.15) is 0 Å². The zero-order valence-electron chi connectivity index (χ0n) is 17.4. The molecule has 0 aliphatic rings. The molecule has 0 spiro atoms. The van der Waals surface area contributed by atoms with Gasteiger partial charge in [0, 0.05) is 11.1 Å². The van der Waals surface area contributed by atoms with Crippen molar-refractivity contribution in [1.29, 1.82) is 0 Å². The molecule has 0 saturated heterocycles. The minimum atomic E-state index is -0.290. The molecule has 1 atom stereocenters. The molecule has 1 amide bonds. The third-order valence-corrected chi connectivity index (χ3v) is 5.60. The summed E-state index contributed by atoms with van der Waals surface area (Å²) in [6.45, 7) is 5.70. The highest BCUT2D eigenvalue weighted by Gasteiger charge is 2.23. The Hall–Kier alpha value is -2.83. The normalized spacial score (nSPS) is 12.5. The van der Waals surface area contributed by atoms with Crippen LogP contribution < -0.4 is 10.1 Å². The van der Waals surface area contributed by atoms with Gasteiger partial charge < -0.3 is 15.0 Å². The smallest absolute Gasteiger partial charge is 0.258 e. The van der Waals surface area contributed by atoms with Gasteiger partial charge in [-0.3, -0.25) is 4.79 Å². The van der Waals surface area contributed by atoms with Gasteiger partial charge in [0.25, 0.3) is 5.91 Å². The molecule has 2 heterocycles. The van der Waals surface area contributed by atoms with Gasteiger partial charge in [0.15, 0.2) is 12.4 Å². The number of nitrogens with zero attached hydrogens (tertiary/aromatic N) is 2. The zero-order valence-corrected chi connectivity index (χ0v) is 18.9. The number of aromatic amines is 1. The molecule has 4 aromatic rings. The maximum Gasteiger partial charge on any atom is 0.258 e. The van der Waals surface area contributed by atoms with Crippen molar-refractivity contribution in [2.24, 2.45) is 5.92 Å². The van der Waals surface area contributed by atoms with Gasteiger partial charge in [0.1, 0.15) is 11.3 Å². The quantitative estimate of drug-likeness (QED) is 0.394. The van der Waals surface area contributed by atoms with Gasteiger partial charge in [0.2, 0.25) is 0 Å². The van der Waals surface area contributed by atoms with Crippen molar-refractivity contribution in [3.63, 3.8) is 0 Å². The summed E-state index contributed by atoms with van der Waals surface area (Å²) in [5.74, 6) is 0.876. The minimum Gasteiger partial charge on any atom is -0.480 e. The van der Waals surface area contributed by atoms with E-state index in [0.29, 0.717) is 27.1 Å². The number of aromatic nitrogens is 3. The van der Waals surface area contributed by atoms with Crippen LogP contribution in [0.1, 0.15) is 31.4 Å². The van der Waals surface area contributed by atoms with Crippen LogP contribution in [0, 0.1) is 12.8 Å². The summed E-state index contributed by atoms with van der Waals surface area (Å²) in [5, 5.41) is 4.51. The molecule has 4 rings (SSSR count). The van der Waals surface area contributed by atoms with E-state index in [4.69, 9.17) is 27.9 Å². The molecule has 0 aliphatic carbocycles. The van der Waals surface area contributed by atoms with Crippen LogP contribution in [-0.4, -0.2) is 27.5 Å². The van der Waals surface area contributed by atoms with E-state index < -0.39 is 0 Å². The van der Waals surface area contributed by atoms with E-state index in [1.807, 2.05) is 57.2 Å². The van der Waals surface area contributed by atoms with Gasteiger partial charge in [-0.1, -0.05) is 49.2 Å². The number of ether oxygens (including phenoxy) is 1. The second-order valence-corrected chi connectivity index (χ2v) is 8.55. The first-order valence-electron chi connectivity index (χ1n) is 9.95. The van der Waals surface area contributed by atoms with Crippen molar-refractivity contribution in [1.82, 2.24) is 20.3 Å². The molecule has 1 unspecified atom stereocenters. The molecule has 2 aromatic heterocycles. The fraction of sp³-hybridized carbons (Fsp3) is 0.261. The molecule has 0 fully saturated rings. The maximum atomic E-state index is 12.7. The first kappa shape index (κ1) is 21.4. The minimum absolute atomic E-state index is 0.119. The monoisotopic (exact) mass is 456 g/mol. The number of imidazole rings is 1. The van der Waals surface area contributed by atoms with Crippen molar-refractivity contribution in [2.75, 3.05) is 6.61 Å². The fourth-order valence-electron chi connectivity index (χ4n) is 3.45. The average Bonchev–Trinajstić information content (AvgIpc) is 3.15. The van der Waals surface area contributed by atoms with E-state index in [-0.39, 0.29) is 24.5 Å². The predicted octanol–water partition coefficient (Wildman–Crippen LogP) is 5.62. The van der Waals surface area contributed by atoms with Gasteiger partial charge >= 0.3 is 0 Å². The molecule has 0 radical (unpaired) electrons. The third-order valence-electron chi connectivity index (χ3n) is 5.01. The van der Waals surface area contributed by atoms with E-state index in [1.54, 1.807) is 6.07 Å². The molecule has 8 heteroatoms. The molecule has 0 aliphatic heterocycles. The molecule has 31 heavy (non-hydrogen) atoms. The summed E-state index contributed by atoms with van der Waals surface area (Å²) in [6, 6.07) is 12.8. The van der Waals surface area contributed by atoms with Crippen molar-refractivity contribution < 1.29 is 9.53 Å². The highest BCUT2D eigenvalue weighted by molar-refractivity contribution is 6.39. The second kappa shape index (κ2) is 8.73. The lowest BCUT2D eigenvalue weighted by molar-refractivity contribution is -0.124. The lowest BCUT2D eigenvalue weighted by Crippen LogP contribution is -2.35. The molecule has 0 saturated carbocycles. The lowest BCUT2D eigenvalue weighted by Gasteiger charge is -2.20. The Bertz CT molecular complexity index is 1240. The summed E-state index contributed by atoms with van der Waals surface area (Å²) in [5.41, 5.74) is 3.11. The number of nitrogens with one attached hydrogen (secondary N) is 2. The van der Waals surface area contributed by atoms with E-state index in [9.17, 15) is 4.79 Å². The summed E-state index contributed by atoms with van der Waals surface area (Å²) < 4.78 is 5.80. The zero-order chi connectivity index (χ0) is 22.1. The number of halogens is 2. The molecule has 160 valence electrons. The number of rotatable bonds is 6. The van der Waals surface area contributed by atoms with Crippen LogP contribution in [-0.2, 0) is 4.79 Å². The van der Waals surface area contributed by atoms with Gasteiger partial charge in [-0.05, 0) is 43.2 Å². The Balaban J connectivity index is 1.54. The maximum absolute atomic E-state index is 12.7. The standard InChI is InChI=1S/C23H22Cl2N4O2/c1-12(2)20(23-27-17-6-4-5-7-18(17)28-23)29-19(30)11-31-22-16(25)10-15(24)14-9-8-13(3)26-21(14)22/h4-10,12,20H,11H2,1-3H3,(H,27,28)(H,29,30). The summed E-state index contributed by atoms with van der Waals surface area (Å²) in [6.07, 6.45) is 0. The lowest BCUT2D eigenvalue weighted by atomic mass is 10.0. The number of benzene rings is 2. The van der Waals surface area contributed by atoms with Gasteiger partial charge in [-0.15, -0.1) is 0 Å². The van der Waals surface area contributed by atoms with Crippen molar-refractivity contribution in [3.8, 4) is 5.75 Å². The Morgan fingerprint density at radius 2 is 1.90 bits per heavy atom. The summed E-state index contributed by atoms with van der Waals surface area (Å²) in [7, 11) is 0. The van der Waals surface area contributed by atoms with Gasteiger partial charge in [0.05, 0.1) is 27.1 Å². The van der Waals surface area contributed by atoms with Crippen LogP contribution in [0.3, 0.4) is 0 Å².